The molecule has 2 saturated heterocycles. The van der Waals surface area contributed by atoms with Crippen LogP contribution in [-0.2, 0) is 25.0 Å². The van der Waals surface area contributed by atoms with Gasteiger partial charge in [-0.15, -0.1) is 0 Å². The molecule has 1 atom stereocenters. The molecule has 31 heavy (non-hydrogen) atoms. The molecule has 11 heteroatoms. The maximum absolute atomic E-state index is 13.2. The Balaban J connectivity index is 1.70. The fourth-order valence-corrected chi connectivity index (χ4v) is 7.44. The van der Waals surface area contributed by atoms with Crippen molar-refractivity contribution in [2.24, 2.45) is 0 Å². The summed E-state index contributed by atoms with van der Waals surface area (Å²) < 4.78 is 55.8. The fraction of sp³-hybridized carbons (Fsp3) is 0.650. The number of rotatable bonds is 7. The maximum Gasteiger partial charge on any atom is 0.282 e. The van der Waals surface area contributed by atoms with E-state index in [-0.39, 0.29) is 37.0 Å². The number of nitrogens with zero attached hydrogens (tertiary/aromatic N) is 4. The van der Waals surface area contributed by atoms with E-state index in [1.54, 1.807) is 43.0 Å². The number of benzene rings is 1. The first kappa shape index (κ1) is 24.1. The van der Waals surface area contributed by atoms with Crippen molar-refractivity contribution in [1.29, 1.82) is 0 Å². The summed E-state index contributed by atoms with van der Waals surface area (Å²) in [6.45, 7) is 7.51. The van der Waals surface area contributed by atoms with Crippen molar-refractivity contribution in [3.63, 3.8) is 0 Å². The van der Waals surface area contributed by atoms with Crippen LogP contribution >= 0.6 is 0 Å². The average molecular weight is 473 g/mol. The minimum absolute atomic E-state index is 0.188. The second-order valence-electron chi connectivity index (χ2n) is 7.90. The summed E-state index contributed by atoms with van der Waals surface area (Å²) in [6, 6.07) is 5.89. The van der Waals surface area contributed by atoms with Gasteiger partial charge in [-0.3, -0.25) is 4.79 Å². The lowest BCUT2D eigenvalue weighted by atomic mass is 10.2. The lowest BCUT2D eigenvalue weighted by Gasteiger charge is -2.38. The average Bonchev–Trinajstić information content (AvgIpc) is 3.25. The number of hydrogen-bond acceptors (Lipinski definition) is 5. The predicted octanol–water partition coefficient (Wildman–Crippen LogP) is 0.879. The predicted molar refractivity (Wildman–Crippen MR) is 118 cm³/mol. The Labute approximate surface area is 185 Å². The van der Waals surface area contributed by atoms with Crippen molar-refractivity contribution in [3.8, 4) is 0 Å². The number of aryl methyl sites for hydroxylation is 1. The largest absolute Gasteiger partial charge is 0.339 e. The van der Waals surface area contributed by atoms with Crippen LogP contribution in [0.15, 0.2) is 29.2 Å². The van der Waals surface area contributed by atoms with E-state index >= 15 is 0 Å². The Hall–Kier alpha value is -1.53. The number of amides is 1. The van der Waals surface area contributed by atoms with Gasteiger partial charge >= 0.3 is 0 Å². The highest BCUT2D eigenvalue weighted by Gasteiger charge is 2.42. The third-order valence-electron chi connectivity index (χ3n) is 6.02. The summed E-state index contributed by atoms with van der Waals surface area (Å²) in [5, 5.41) is 0. The Morgan fingerprint density at radius 2 is 1.55 bits per heavy atom. The van der Waals surface area contributed by atoms with Gasteiger partial charge in [0.15, 0.2) is 0 Å². The van der Waals surface area contributed by atoms with Crippen LogP contribution in [-0.4, -0.2) is 92.4 Å². The Morgan fingerprint density at radius 3 is 2.10 bits per heavy atom. The highest BCUT2D eigenvalue weighted by molar-refractivity contribution is 7.89. The van der Waals surface area contributed by atoms with Crippen LogP contribution in [0.3, 0.4) is 0 Å². The van der Waals surface area contributed by atoms with Gasteiger partial charge < -0.3 is 4.90 Å². The highest BCUT2D eigenvalue weighted by Crippen LogP contribution is 2.28. The van der Waals surface area contributed by atoms with E-state index in [4.69, 9.17) is 0 Å². The molecule has 9 nitrogen and oxygen atoms in total. The van der Waals surface area contributed by atoms with Crippen LogP contribution in [0.25, 0.3) is 0 Å². The molecule has 0 bridgehead atoms. The lowest BCUT2D eigenvalue weighted by Crippen LogP contribution is -2.57. The SMILES string of the molecule is CCN(CC)S(=O)(=O)N1CCN(C(=O)[C@H]2CCCN2S(=O)(=O)c2ccc(C)cc2)CC1. The monoisotopic (exact) mass is 472 g/mol. The Morgan fingerprint density at radius 1 is 0.968 bits per heavy atom. The molecule has 1 amide bonds. The fourth-order valence-electron chi connectivity index (χ4n) is 4.18. The van der Waals surface area contributed by atoms with E-state index in [0.29, 0.717) is 32.5 Å². The minimum atomic E-state index is -3.77. The second kappa shape index (κ2) is 9.53. The number of sulfonamides is 1. The van der Waals surface area contributed by atoms with Crippen molar-refractivity contribution < 1.29 is 21.6 Å². The zero-order valence-electron chi connectivity index (χ0n) is 18.4. The molecule has 1 aromatic rings. The molecule has 0 radical (unpaired) electrons. The summed E-state index contributed by atoms with van der Waals surface area (Å²) in [5.74, 6) is -0.243. The van der Waals surface area contributed by atoms with Gasteiger partial charge in [-0.05, 0) is 31.9 Å². The highest BCUT2D eigenvalue weighted by atomic mass is 32.2. The van der Waals surface area contributed by atoms with E-state index in [1.165, 1.54) is 12.9 Å². The van der Waals surface area contributed by atoms with Crippen molar-refractivity contribution in [1.82, 2.24) is 17.8 Å². The molecule has 2 fully saturated rings. The van der Waals surface area contributed by atoms with Crippen LogP contribution in [0.2, 0.25) is 0 Å². The van der Waals surface area contributed by atoms with Gasteiger partial charge in [0.1, 0.15) is 6.04 Å². The van der Waals surface area contributed by atoms with E-state index in [0.717, 1.165) is 5.56 Å². The normalized spacial score (nSPS) is 21.7. The first-order valence-electron chi connectivity index (χ1n) is 10.8. The molecule has 2 heterocycles. The van der Waals surface area contributed by atoms with Crippen LogP contribution in [0.5, 0.6) is 0 Å². The van der Waals surface area contributed by atoms with Gasteiger partial charge in [-0.25, -0.2) is 8.42 Å². The number of carbonyl (C=O) groups excluding carboxylic acids is 1. The topological polar surface area (TPSA) is 98.3 Å². The van der Waals surface area contributed by atoms with Crippen molar-refractivity contribution in [2.75, 3.05) is 45.8 Å². The molecule has 174 valence electrons. The first-order valence-corrected chi connectivity index (χ1v) is 13.6. The molecule has 0 spiro atoms. The van der Waals surface area contributed by atoms with Gasteiger partial charge in [-0.1, -0.05) is 31.5 Å². The molecule has 2 aliphatic rings. The third kappa shape index (κ3) is 4.80. The minimum Gasteiger partial charge on any atom is -0.339 e. The van der Waals surface area contributed by atoms with Gasteiger partial charge in [0.2, 0.25) is 15.9 Å². The van der Waals surface area contributed by atoms with Crippen molar-refractivity contribution in [3.05, 3.63) is 29.8 Å². The molecule has 1 aromatic carbocycles. The number of hydrogen-bond donors (Lipinski definition) is 0. The van der Waals surface area contributed by atoms with Crippen molar-refractivity contribution >= 4 is 26.1 Å². The number of carbonyl (C=O) groups is 1. The summed E-state index contributed by atoms with van der Waals surface area (Å²) in [6.07, 6.45) is 1.10. The summed E-state index contributed by atoms with van der Waals surface area (Å²) >= 11 is 0. The molecular weight excluding hydrogens is 440 g/mol. The van der Waals surface area contributed by atoms with Crippen LogP contribution in [0, 0.1) is 6.92 Å². The quantitative estimate of drug-likeness (QED) is 0.587. The van der Waals surface area contributed by atoms with Crippen LogP contribution in [0.1, 0.15) is 32.3 Å². The Kier molecular flexibility index (Phi) is 7.42. The molecule has 3 rings (SSSR count). The van der Waals surface area contributed by atoms with Gasteiger partial charge in [0.05, 0.1) is 4.90 Å². The van der Waals surface area contributed by atoms with Gasteiger partial charge in [-0.2, -0.15) is 21.3 Å². The van der Waals surface area contributed by atoms with E-state index in [2.05, 4.69) is 0 Å². The molecule has 0 aliphatic carbocycles. The first-order chi connectivity index (χ1) is 14.6. The number of piperazine rings is 1. The molecule has 0 saturated carbocycles. The van der Waals surface area contributed by atoms with E-state index in [9.17, 15) is 21.6 Å². The summed E-state index contributed by atoms with van der Waals surface area (Å²) in [4.78, 5) is 15.0. The third-order valence-corrected chi connectivity index (χ3v) is 10.1. The van der Waals surface area contributed by atoms with E-state index < -0.39 is 26.3 Å². The van der Waals surface area contributed by atoms with Crippen LogP contribution < -0.4 is 0 Å². The van der Waals surface area contributed by atoms with E-state index in [1.807, 2.05) is 6.92 Å². The second-order valence-corrected chi connectivity index (χ2v) is 11.7. The van der Waals surface area contributed by atoms with Crippen molar-refractivity contribution in [2.45, 2.75) is 44.6 Å². The smallest absolute Gasteiger partial charge is 0.282 e. The maximum atomic E-state index is 13.2. The molecule has 0 N–H and O–H groups in total. The van der Waals surface area contributed by atoms with Gasteiger partial charge in [0.25, 0.3) is 10.2 Å². The Bertz CT molecular complexity index is 983. The zero-order chi connectivity index (χ0) is 22.8. The van der Waals surface area contributed by atoms with Crippen LogP contribution in [0.4, 0.5) is 0 Å². The molecule has 2 aliphatic heterocycles. The molecule has 0 unspecified atom stereocenters. The van der Waals surface area contributed by atoms with Gasteiger partial charge in [0, 0.05) is 45.8 Å². The zero-order valence-corrected chi connectivity index (χ0v) is 20.0. The summed E-state index contributed by atoms with van der Waals surface area (Å²) in [5.41, 5.74) is 0.963. The molecular formula is C20H32N4O5S2. The lowest BCUT2D eigenvalue weighted by molar-refractivity contribution is -0.135. The summed E-state index contributed by atoms with van der Waals surface area (Å²) in [7, 11) is -7.31. The standard InChI is InChI=1S/C20H32N4O5S2/c1-4-22(5-2)31(28,29)23-15-13-21(14-16-23)20(25)19-7-6-12-24(19)30(26,27)18-10-8-17(3)9-11-18/h8-11,19H,4-7,12-16H2,1-3H3/t19-/m1/s1. The molecule has 0 aromatic heterocycles.